The summed E-state index contributed by atoms with van der Waals surface area (Å²) in [7, 11) is 0. The largest absolute Gasteiger partial charge is 0.480 e. The number of aliphatic carboxylic acids is 1. The molecule has 154 valence electrons. The van der Waals surface area contributed by atoms with E-state index in [4.69, 9.17) is 4.74 Å². The van der Waals surface area contributed by atoms with Gasteiger partial charge in [0.1, 0.15) is 18.7 Å². The maximum Gasteiger partial charge on any atom is 0.422 e. The lowest BCUT2D eigenvalue weighted by molar-refractivity contribution is -0.150. The summed E-state index contributed by atoms with van der Waals surface area (Å²) in [5.74, 6) is -1.22. The van der Waals surface area contributed by atoms with Gasteiger partial charge in [0.25, 0.3) is 0 Å². The summed E-state index contributed by atoms with van der Waals surface area (Å²) in [5.41, 5.74) is 3.47. The maximum absolute atomic E-state index is 12.9. The normalized spacial score (nSPS) is 17.4. The molecule has 1 aromatic rings. The molecule has 1 aromatic carbocycles. The first-order chi connectivity index (χ1) is 13.5. The Hall–Kier alpha value is -2.26. The molecule has 0 bridgehead atoms. The van der Waals surface area contributed by atoms with E-state index in [1.54, 1.807) is 0 Å². The Labute approximate surface area is 170 Å². The van der Waals surface area contributed by atoms with Gasteiger partial charge in [-0.2, -0.15) is 12.6 Å². The van der Waals surface area contributed by atoms with Gasteiger partial charge in [-0.15, -0.1) is 0 Å². The van der Waals surface area contributed by atoms with Crippen molar-refractivity contribution in [1.82, 2.24) is 15.3 Å². The molecular weight excluding hydrogens is 382 g/mol. The van der Waals surface area contributed by atoms with Crippen LogP contribution in [0.25, 0.3) is 0 Å². The number of nitrogens with zero attached hydrogens (tertiary/aromatic N) is 2. The minimum absolute atomic E-state index is 0.110. The van der Waals surface area contributed by atoms with Crippen molar-refractivity contribution in [2.24, 2.45) is 0 Å². The lowest BCUT2D eigenvalue weighted by Crippen LogP contribution is -2.58. The topological polar surface area (TPSA) is 99.2 Å². The summed E-state index contributed by atoms with van der Waals surface area (Å²) < 4.78 is 5.23. The van der Waals surface area contributed by atoms with E-state index < -0.39 is 24.1 Å². The summed E-state index contributed by atoms with van der Waals surface area (Å²) >= 11 is 4.26. The Morgan fingerprint density at radius 2 is 2.07 bits per heavy atom. The molecule has 9 heteroatoms. The van der Waals surface area contributed by atoms with E-state index in [1.807, 2.05) is 37.3 Å². The van der Waals surface area contributed by atoms with Crippen LogP contribution in [0.2, 0.25) is 0 Å². The molecule has 0 spiro atoms. The van der Waals surface area contributed by atoms with Crippen molar-refractivity contribution in [2.75, 3.05) is 18.8 Å². The monoisotopic (exact) mass is 409 g/mol. The predicted octanol–water partition coefficient (Wildman–Crippen LogP) is 1.91. The smallest absolute Gasteiger partial charge is 0.422 e. The molecule has 0 radical (unpaired) electrons. The van der Waals surface area contributed by atoms with E-state index in [2.05, 4.69) is 18.1 Å². The van der Waals surface area contributed by atoms with E-state index in [-0.39, 0.29) is 18.3 Å². The van der Waals surface area contributed by atoms with Gasteiger partial charge in [-0.3, -0.25) is 10.2 Å². The van der Waals surface area contributed by atoms with Gasteiger partial charge in [0, 0.05) is 18.8 Å². The zero-order chi connectivity index (χ0) is 20.5. The fraction of sp³-hybridized carbons (Fsp3) is 0.526. The van der Waals surface area contributed by atoms with E-state index in [9.17, 15) is 19.5 Å². The van der Waals surface area contributed by atoms with Gasteiger partial charge in [-0.25, -0.2) is 14.6 Å². The Kier molecular flexibility index (Phi) is 8.59. The van der Waals surface area contributed by atoms with Crippen LogP contribution in [0.1, 0.15) is 31.7 Å². The maximum atomic E-state index is 12.9. The van der Waals surface area contributed by atoms with Crippen LogP contribution in [0.5, 0.6) is 0 Å². The van der Waals surface area contributed by atoms with Gasteiger partial charge >= 0.3 is 12.1 Å². The molecule has 2 amide bonds. The molecule has 0 aliphatic carbocycles. The van der Waals surface area contributed by atoms with Gasteiger partial charge < -0.3 is 14.7 Å². The molecule has 2 atom stereocenters. The number of ether oxygens (including phenoxy) is 1. The highest BCUT2D eigenvalue weighted by atomic mass is 32.1. The van der Waals surface area contributed by atoms with Gasteiger partial charge in [-0.05, 0) is 24.8 Å². The first-order valence-electron chi connectivity index (χ1n) is 9.36. The quantitative estimate of drug-likeness (QED) is 0.426. The first-order valence-corrected chi connectivity index (χ1v) is 9.99. The number of carboxylic acids is 1. The third-order valence-electron chi connectivity index (χ3n) is 4.57. The second kappa shape index (κ2) is 10.9. The lowest BCUT2D eigenvalue weighted by Gasteiger charge is -2.33. The molecule has 0 saturated carbocycles. The molecule has 1 fully saturated rings. The number of benzene rings is 1. The van der Waals surface area contributed by atoms with Crippen molar-refractivity contribution in [3.63, 3.8) is 0 Å². The van der Waals surface area contributed by atoms with E-state index >= 15 is 0 Å². The highest BCUT2D eigenvalue weighted by Gasteiger charge is 2.39. The second-order valence-electron chi connectivity index (χ2n) is 6.59. The molecule has 2 N–H and O–H groups in total. The van der Waals surface area contributed by atoms with Gasteiger partial charge in [-0.1, -0.05) is 37.3 Å². The third kappa shape index (κ3) is 5.87. The van der Waals surface area contributed by atoms with Gasteiger partial charge in [0.15, 0.2) is 0 Å². The van der Waals surface area contributed by atoms with Crippen LogP contribution < -0.4 is 5.43 Å². The number of hydrogen-bond donors (Lipinski definition) is 3. The fourth-order valence-electron chi connectivity index (χ4n) is 3.19. The number of hydrogen-bond acceptors (Lipinski definition) is 6. The van der Waals surface area contributed by atoms with Crippen molar-refractivity contribution in [2.45, 2.75) is 44.9 Å². The number of nitrogens with one attached hydrogen (secondary N) is 1. The van der Waals surface area contributed by atoms with Crippen LogP contribution in [-0.2, 0) is 20.9 Å². The number of carboxylic acid groups (broad SMARTS) is 1. The van der Waals surface area contributed by atoms with Crippen LogP contribution in [0.4, 0.5) is 4.79 Å². The summed E-state index contributed by atoms with van der Waals surface area (Å²) in [6, 6.07) is 7.66. The van der Waals surface area contributed by atoms with E-state index in [0.29, 0.717) is 32.4 Å². The average molecular weight is 410 g/mol. The highest BCUT2D eigenvalue weighted by molar-refractivity contribution is 7.80. The number of carbonyl (C=O) groups excluding carboxylic acids is 2. The molecule has 8 nitrogen and oxygen atoms in total. The SMILES string of the molecule is CCCN(NC(=O)OCc1ccccc1)[C@@H](CS)C(=O)N1CCC[C@H]1C(=O)O. The number of thiol groups is 1. The molecule has 0 unspecified atom stereocenters. The fourth-order valence-corrected chi connectivity index (χ4v) is 3.55. The van der Waals surface area contributed by atoms with Crippen molar-refractivity contribution in [1.29, 1.82) is 0 Å². The predicted molar refractivity (Wildman–Crippen MR) is 107 cm³/mol. The van der Waals surface area contributed by atoms with Crippen LogP contribution in [0.3, 0.4) is 0 Å². The summed E-state index contributed by atoms with van der Waals surface area (Å²) in [6.45, 7) is 2.82. The first kappa shape index (κ1) is 22.0. The molecule has 0 aromatic heterocycles. The Balaban J connectivity index is 2.01. The third-order valence-corrected chi connectivity index (χ3v) is 4.91. The van der Waals surface area contributed by atoms with Crippen LogP contribution in [0.15, 0.2) is 30.3 Å². The minimum atomic E-state index is -1.01. The molecule has 2 rings (SSSR count). The van der Waals surface area contributed by atoms with E-state index in [1.165, 1.54) is 9.91 Å². The number of carbonyl (C=O) groups is 3. The van der Waals surface area contributed by atoms with Crippen LogP contribution >= 0.6 is 12.6 Å². The van der Waals surface area contributed by atoms with Crippen LogP contribution in [0, 0.1) is 0 Å². The summed E-state index contributed by atoms with van der Waals surface area (Å²) in [6.07, 6.45) is 1.08. The Morgan fingerprint density at radius 1 is 1.36 bits per heavy atom. The molecule has 1 aliphatic heterocycles. The Bertz CT molecular complexity index is 673. The summed E-state index contributed by atoms with van der Waals surface area (Å²) in [4.78, 5) is 37.9. The lowest BCUT2D eigenvalue weighted by atomic mass is 10.2. The zero-order valence-corrected chi connectivity index (χ0v) is 16.8. The van der Waals surface area contributed by atoms with Crippen molar-refractivity contribution in [3.05, 3.63) is 35.9 Å². The Morgan fingerprint density at radius 3 is 2.68 bits per heavy atom. The molecule has 1 saturated heterocycles. The van der Waals surface area contributed by atoms with Crippen LogP contribution in [-0.4, -0.2) is 63.9 Å². The van der Waals surface area contributed by atoms with Crippen molar-refractivity contribution >= 4 is 30.6 Å². The summed E-state index contributed by atoms with van der Waals surface area (Å²) in [5, 5.41) is 10.8. The number of hydrazine groups is 1. The zero-order valence-electron chi connectivity index (χ0n) is 15.9. The van der Waals surface area contributed by atoms with E-state index in [0.717, 1.165) is 5.56 Å². The second-order valence-corrected chi connectivity index (χ2v) is 6.96. The standard InChI is InChI=1S/C19H27N3O5S/c1-2-10-22(20-19(26)27-12-14-7-4-3-5-8-14)16(13-28)17(23)21-11-6-9-15(21)18(24)25/h3-5,7-8,15-16,28H,2,6,9-13H2,1H3,(H,20,26)(H,24,25)/t15-,16-/m0/s1. The molecule has 1 aliphatic rings. The highest BCUT2D eigenvalue weighted by Crippen LogP contribution is 2.20. The van der Waals surface area contributed by atoms with Crippen molar-refractivity contribution in [3.8, 4) is 0 Å². The minimum Gasteiger partial charge on any atom is -0.480 e. The average Bonchev–Trinajstić information content (AvgIpc) is 3.18. The van der Waals surface area contributed by atoms with Gasteiger partial charge in [0.05, 0.1) is 0 Å². The number of amides is 2. The molecule has 1 heterocycles. The van der Waals surface area contributed by atoms with Gasteiger partial charge in [0.2, 0.25) is 5.91 Å². The van der Waals surface area contributed by atoms with Crippen molar-refractivity contribution < 1.29 is 24.2 Å². The molecule has 28 heavy (non-hydrogen) atoms. The number of rotatable bonds is 9. The molecular formula is C19H27N3O5S. The number of likely N-dealkylation sites (tertiary alicyclic amines) is 1.